The summed E-state index contributed by atoms with van der Waals surface area (Å²) in [7, 11) is 0. The van der Waals surface area contributed by atoms with E-state index in [2.05, 4.69) is 0 Å². The van der Waals surface area contributed by atoms with Crippen LogP contribution in [0.1, 0.15) is 16.7 Å². The molecule has 1 fully saturated rings. The Labute approximate surface area is 166 Å². The number of hydrogen-bond donors (Lipinski definition) is 1. The predicted octanol–water partition coefficient (Wildman–Crippen LogP) is 3.86. The Balaban J connectivity index is 1.78. The molecule has 2 aromatic carbocycles. The number of nitrogens with zero attached hydrogens (tertiary/aromatic N) is 1. The van der Waals surface area contributed by atoms with Crippen molar-refractivity contribution in [2.24, 2.45) is 0 Å². The highest BCUT2D eigenvalue weighted by molar-refractivity contribution is 8.26. The first kappa shape index (κ1) is 19.1. The van der Waals surface area contributed by atoms with Gasteiger partial charge < -0.3 is 9.84 Å². The summed E-state index contributed by atoms with van der Waals surface area (Å²) in [6, 6.07) is 15.5. The van der Waals surface area contributed by atoms with Gasteiger partial charge in [0.25, 0.3) is 5.91 Å². The molecule has 1 aliphatic heterocycles. The highest BCUT2D eigenvalue weighted by Crippen LogP contribution is 2.34. The first-order valence-corrected chi connectivity index (χ1v) is 9.41. The third-order valence-electron chi connectivity index (χ3n) is 3.89. The molecule has 1 aliphatic rings. The van der Waals surface area contributed by atoms with E-state index >= 15 is 0 Å². The number of thiocarbonyl (C=S) groups is 1. The quantitative estimate of drug-likeness (QED) is 0.588. The standard InChI is InChI=1S/C20H17NO4S2/c1-13-6-8-14(9-7-13)12-25-16-5-3-2-4-15(16)10-17-19(24)21(11-18(22)23)20(26)27-17/h2-10H,11-12H2,1H3,(H,22,23). The van der Waals surface area contributed by atoms with Crippen molar-refractivity contribution in [3.05, 3.63) is 70.1 Å². The molecule has 2 aromatic rings. The lowest BCUT2D eigenvalue weighted by atomic mass is 10.1. The van der Waals surface area contributed by atoms with Crippen LogP contribution in [0, 0.1) is 6.92 Å². The Morgan fingerprint density at radius 2 is 1.93 bits per heavy atom. The molecule has 0 saturated carbocycles. The molecule has 0 bridgehead atoms. The average molecular weight is 399 g/mol. The van der Waals surface area contributed by atoms with Crippen molar-refractivity contribution >= 4 is 46.3 Å². The van der Waals surface area contributed by atoms with Crippen LogP contribution in [0.4, 0.5) is 0 Å². The fourth-order valence-electron chi connectivity index (χ4n) is 2.49. The van der Waals surface area contributed by atoms with E-state index in [0.717, 1.165) is 27.8 Å². The average Bonchev–Trinajstić information content (AvgIpc) is 2.89. The van der Waals surface area contributed by atoms with Crippen molar-refractivity contribution < 1.29 is 19.4 Å². The van der Waals surface area contributed by atoms with E-state index in [4.69, 9.17) is 22.1 Å². The minimum atomic E-state index is -1.10. The summed E-state index contributed by atoms with van der Waals surface area (Å²) < 4.78 is 6.16. The maximum atomic E-state index is 12.4. The molecule has 1 heterocycles. The Hall–Kier alpha value is -2.64. The number of carbonyl (C=O) groups excluding carboxylic acids is 1. The van der Waals surface area contributed by atoms with Crippen molar-refractivity contribution in [2.45, 2.75) is 13.5 Å². The zero-order chi connectivity index (χ0) is 19.4. The Bertz CT molecular complexity index is 922. The molecular formula is C20H17NO4S2. The number of hydrogen-bond acceptors (Lipinski definition) is 5. The van der Waals surface area contributed by atoms with Crippen LogP contribution in [0.5, 0.6) is 5.75 Å². The normalized spacial score (nSPS) is 15.4. The van der Waals surface area contributed by atoms with Gasteiger partial charge in [-0.15, -0.1) is 0 Å². The van der Waals surface area contributed by atoms with Crippen LogP contribution in [-0.4, -0.2) is 32.7 Å². The highest BCUT2D eigenvalue weighted by Gasteiger charge is 2.33. The number of benzene rings is 2. The number of para-hydroxylation sites is 1. The van der Waals surface area contributed by atoms with E-state index < -0.39 is 18.4 Å². The minimum absolute atomic E-state index is 0.242. The third-order valence-corrected chi connectivity index (χ3v) is 5.27. The molecule has 1 saturated heterocycles. The number of ether oxygens (including phenoxy) is 1. The maximum absolute atomic E-state index is 12.4. The van der Waals surface area contributed by atoms with Gasteiger partial charge in [-0.25, -0.2) is 0 Å². The van der Waals surface area contributed by atoms with E-state index in [1.807, 2.05) is 55.5 Å². The summed E-state index contributed by atoms with van der Waals surface area (Å²) in [6.07, 6.45) is 1.69. The van der Waals surface area contributed by atoms with Crippen molar-refractivity contribution in [3.8, 4) is 5.75 Å². The molecule has 0 spiro atoms. The first-order chi connectivity index (χ1) is 12.9. The second-order valence-corrected chi connectivity index (χ2v) is 7.65. The molecule has 138 valence electrons. The fraction of sp³-hybridized carbons (Fsp3) is 0.150. The largest absolute Gasteiger partial charge is 0.488 e. The van der Waals surface area contributed by atoms with E-state index in [-0.39, 0.29) is 4.32 Å². The van der Waals surface area contributed by atoms with Crippen molar-refractivity contribution in [2.75, 3.05) is 6.54 Å². The van der Waals surface area contributed by atoms with E-state index in [1.165, 1.54) is 5.56 Å². The summed E-state index contributed by atoms with van der Waals surface area (Å²) in [6.45, 7) is 2.00. The molecule has 3 rings (SSSR count). The monoisotopic (exact) mass is 399 g/mol. The Morgan fingerprint density at radius 3 is 2.63 bits per heavy atom. The lowest BCUT2D eigenvalue weighted by Gasteiger charge is -2.11. The molecule has 1 amide bonds. The van der Waals surface area contributed by atoms with Crippen LogP contribution in [0.25, 0.3) is 6.08 Å². The van der Waals surface area contributed by atoms with Gasteiger partial charge in [-0.3, -0.25) is 14.5 Å². The predicted molar refractivity (Wildman–Crippen MR) is 109 cm³/mol. The second kappa shape index (κ2) is 8.37. The number of rotatable bonds is 6. The molecule has 0 atom stereocenters. The molecule has 0 unspecified atom stereocenters. The number of carboxylic acid groups (broad SMARTS) is 1. The maximum Gasteiger partial charge on any atom is 0.323 e. The van der Waals surface area contributed by atoms with Crippen LogP contribution in [0.3, 0.4) is 0 Å². The SMILES string of the molecule is Cc1ccc(COc2ccccc2C=C2SC(=S)N(CC(=O)O)C2=O)cc1. The second-order valence-electron chi connectivity index (χ2n) is 5.97. The summed E-state index contributed by atoms with van der Waals surface area (Å²) in [5.41, 5.74) is 2.96. The number of amides is 1. The number of thioether (sulfide) groups is 1. The zero-order valence-electron chi connectivity index (χ0n) is 14.5. The van der Waals surface area contributed by atoms with Gasteiger partial charge >= 0.3 is 5.97 Å². The van der Waals surface area contributed by atoms with Crippen LogP contribution in [0.2, 0.25) is 0 Å². The lowest BCUT2D eigenvalue weighted by Crippen LogP contribution is -2.33. The van der Waals surface area contributed by atoms with Crippen LogP contribution < -0.4 is 4.74 Å². The highest BCUT2D eigenvalue weighted by atomic mass is 32.2. The molecule has 1 N–H and O–H groups in total. The fourth-order valence-corrected chi connectivity index (χ4v) is 3.74. The molecule has 0 aliphatic carbocycles. The first-order valence-electron chi connectivity index (χ1n) is 8.18. The van der Waals surface area contributed by atoms with Gasteiger partial charge in [0, 0.05) is 5.56 Å². The van der Waals surface area contributed by atoms with Gasteiger partial charge in [0.1, 0.15) is 23.2 Å². The van der Waals surface area contributed by atoms with Gasteiger partial charge in [-0.05, 0) is 24.6 Å². The molecule has 5 nitrogen and oxygen atoms in total. The molecule has 0 aromatic heterocycles. The van der Waals surface area contributed by atoms with Crippen molar-refractivity contribution in [1.82, 2.24) is 4.90 Å². The number of aliphatic carboxylic acids is 1. The van der Waals surface area contributed by atoms with Gasteiger partial charge in [0.15, 0.2) is 0 Å². The third kappa shape index (κ3) is 4.75. The summed E-state index contributed by atoms with van der Waals surface area (Å²) in [5.74, 6) is -0.864. The minimum Gasteiger partial charge on any atom is -0.488 e. The van der Waals surface area contributed by atoms with E-state index in [1.54, 1.807) is 6.08 Å². The molecule has 7 heteroatoms. The number of carboxylic acids is 1. The van der Waals surface area contributed by atoms with Crippen LogP contribution in [0.15, 0.2) is 53.4 Å². The summed E-state index contributed by atoms with van der Waals surface area (Å²) >= 11 is 6.21. The van der Waals surface area contributed by atoms with Crippen LogP contribution >= 0.6 is 24.0 Å². The van der Waals surface area contributed by atoms with Gasteiger partial charge in [0.05, 0.1) is 4.91 Å². The van der Waals surface area contributed by atoms with E-state index in [0.29, 0.717) is 17.3 Å². The van der Waals surface area contributed by atoms with Gasteiger partial charge in [-0.1, -0.05) is 72.0 Å². The van der Waals surface area contributed by atoms with Gasteiger partial charge in [-0.2, -0.15) is 0 Å². The molecule has 0 radical (unpaired) electrons. The lowest BCUT2D eigenvalue weighted by molar-refractivity contribution is -0.140. The van der Waals surface area contributed by atoms with Crippen molar-refractivity contribution in [1.29, 1.82) is 0 Å². The topological polar surface area (TPSA) is 66.8 Å². The number of carbonyl (C=O) groups is 2. The summed E-state index contributed by atoms with van der Waals surface area (Å²) in [4.78, 5) is 24.8. The Morgan fingerprint density at radius 1 is 1.22 bits per heavy atom. The summed E-state index contributed by atoms with van der Waals surface area (Å²) in [5, 5.41) is 8.92. The zero-order valence-corrected chi connectivity index (χ0v) is 16.2. The Kier molecular flexibility index (Phi) is 5.93. The smallest absolute Gasteiger partial charge is 0.323 e. The van der Waals surface area contributed by atoms with Gasteiger partial charge in [0.2, 0.25) is 0 Å². The van der Waals surface area contributed by atoms with E-state index in [9.17, 15) is 9.59 Å². The number of aryl methyl sites for hydroxylation is 1. The molecule has 27 heavy (non-hydrogen) atoms. The van der Waals surface area contributed by atoms with Crippen molar-refractivity contribution in [3.63, 3.8) is 0 Å². The van der Waals surface area contributed by atoms with Crippen LogP contribution in [-0.2, 0) is 16.2 Å². The molecular weight excluding hydrogens is 382 g/mol.